The number of benzene rings is 1. The van der Waals surface area contributed by atoms with Gasteiger partial charge in [0.2, 0.25) is 0 Å². The molecule has 0 unspecified atom stereocenters. The summed E-state index contributed by atoms with van der Waals surface area (Å²) in [5, 5.41) is 4.37. The minimum absolute atomic E-state index is 0.105. The molecule has 0 aliphatic heterocycles. The Morgan fingerprint density at radius 3 is 2.41 bits per heavy atom. The average Bonchev–Trinajstić information content (AvgIpc) is 2.35. The van der Waals surface area contributed by atoms with E-state index in [0.717, 1.165) is 11.8 Å². The highest BCUT2D eigenvalue weighted by molar-refractivity contribution is 5.96. The van der Waals surface area contributed by atoms with Crippen LogP contribution >= 0.6 is 0 Å². The van der Waals surface area contributed by atoms with Crippen LogP contribution in [0.15, 0.2) is 35.1 Å². The van der Waals surface area contributed by atoms with Gasteiger partial charge in [0.15, 0.2) is 0 Å². The van der Waals surface area contributed by atoms with Crippen molar-refractivity contribution in [3.8, 4) is 0 Å². The van der Waals surface area contributed by atoms with Gasteiger partial charge in [0, 0.05) is 10.9 Å². The number of hydrogen-bond acceptors (Lipinski definition) is 2. The van der Waals surface area contributed by atoms with E-state index in [1.165, 1.54) is 0 Å². The van der Waals surface area contributed by atoms with Crippen LogP contribution in [0, 0.1) is 5.41 Å². The number of carbonyl (C=O) groups is 1. The van der Waals surface area contributed by atoms with Gasteiger partial charge in [-0.15, -0.1) is 0 Å². The molecule has 4 nitrogen and oxygen atoms in total. The molecule has 0 fully saturated rings. The number of rotatable bonds is 3. The second kappa shape index (κ2) is 5.59. The molecule has 0 saturated heterocycles. The van der Waals surface area contributed by atoms with E-state index in [1.807, 2.05) is 32.0 Å². The first-order chi connectivity index (χ1) is 10.1. The van der Waals surface area contributed by atoms with E-state index >= 15 is 0 Å². The number of hydrogen-bond donors (Lipinski definition) is 2. The maximum Gasteiger partial charge on any atom is 0.268 e. The predicted octanol–water partition coefficient (Wildman–Crippen LogP) is 3.47. The summed E-state index contributed by atoms with van der Waals surface area (Å²) in [5.41, 5.74) is -0.187. The molecule has 118 valence electrons. The molecule has 0 bridgehead atoms. The molecule has 1 aromatic heterocycles. The molecule has 0 aliphatic rings. The van der Waals surface area contributed by atoms with E-state index in [9.17, 15) is 9.59 Å². The molecule has 4 heteroatoms. The van der Waals surface area contributed by atoms with E-state index in [1.54, 1.807) is 12.1 Å². The topological polar surface area (TPSA) is 62.0 Å². The number of fused-ring (bicyclic) bond motifs is 1. The SMILES string of the molecule is CC(C)(C)CC(C)(C)NC(=O)c1cc2ccccc2c(=O)[nH]1. The third-order valence-corrected chi connectivity index (χ3v) is 3.42. The second-order valence-corrected chi connectivity index (χ2v) is 7.67. The quantitative estimate of drug-likeness (QED) is 0.911. The summed E-state index contributed by atoms with van der Waals surface area (Å²) in [6, 6.07) is 8.97. The lowest BCUT2D eigenvalue weighted by Crippen LogP contribution is -2.46. The van der Waals surface area contributed by atoms with Crippen molar-refractivity contribution in [3.63, 3.8) is 0 Å². The minimum Gasteiger partial charge on any atom is -0.346 e. The van der Waals surface area contributed by atoms with Crippen LogP contribution in [0.3, 0.4) is 0 Å². The Kier molecular flexibility index (Phi) is 4.14. The van der Waals surface area contributed by atoms with Crippen molar-refractivity contribution in [3.05, 3.63) is 46.4 Å². The molecule has 0 aliphatic carbocycles. The van der Waals surface area contributed by atoms with E-state index in [0.29, 0.717) is 11.1 Å². The molecule has 2 rings (SSSR count). The molecule has 1 heterocycles. The highest BCUT2D eigenvalue weighted by Gasteiger charge is 2.27. The summed E-state index contributed by atoms with van der Waals surface area (Å²) < 4.78 is 0. The van der Waals surface area contributed by atoms with Gasteiger partial charge in [0.25, 0.3) is 11.5 Å². The highest BCUT2D eigenvalue weighted by Crippen LogP contribution is 2.27. The largest absolute Gasteiger partial charge is 0.346 e. The maximum absolute atomic E-state index is 12.5. The van der Waals surface area contributed by atoms with Gasteiger partial charge >= 0.3 is 0 Å². The lowest BCUT2D eigenvalue weighted by atomic mass is 9.82. The van der Waals surface area contributed by atoms with Crippen molar-refractivity contribution in [2.75, 3.05) is 0 Å². The van der Waals surface area contributed by atoms with E-state index in [-0.39, 0.29) is 22.4 Å². The molecule has 2 aromatic rings. The molecular weight excluding hydrogens is 276 g/mol. The van der Waals surface area contributed by atoms with Crippen molar-refractivity contribution < 1.29 is 4.79 Å². The smallest absolute Gasteiger partial charge is 0.268 e. The molecule has 0 spiro atoms. The van der Waals surface area contributed by atoms with E-state index in [4.69, 9.17) is 0 Å². The van der Waals surface area contributed by atoms with Crippen LogP contribution in [0.25, 0.3) is 10.8 Å². The average molecular weight is 300 g/mol. The summed E-state index contributed by atoms with van der Waals surface area (Å²) >= 11 is 0. The molecule has 0 saturated carbocycles. The van der Waals surface area contributed by atoms with Gasteiger partial charge in [0.05, 0.1) is 0 Å². The van der Waals surface area contributed by atoms with Crippen LogP contribution in [0.1, 0.15) is 51.5 Å². The fourth-order valence-corrected chi connectivity index (χ4v) is 3.08. The van der Waals surface area contributed by atoms with Gasteiger partial charge in [-0.2, -0.15) is 0 Å². The highest BCUT2D eigenvalue weighted by atomic mass is 16.2. The fourth-order valence-electron chi connectivity index (χ4n) is 3.08. The third kappa shape index (κ3) is 3.97. The van der Waals surface area contributed by atoms with Crippen LogP contribution < -0.4 is 10.9 Å². The Morgan fingerprint density at radius 2 is 1.77 bits per heavy atom. The zero-order valence-electron chi connectivity index (χ0n) is 13.9. The summed E-state index contributed by atoms with van der Waals surface area (Å²) in [6.45, 7) is 10.4. The standard InChI is InChI=1S/C18H24N2O2/c1-17(2,3)11-18(4,5)20-16(22)14-10-12-8-6-7-9-13(12)15(21)19-14/h6-10H,11H2,1-5H3,(H,19,21)(H,20,22). The predicted molar refractivity (Wildman–Crippen MR) is 90.2 cm³/mol. The molecule has 2 N–H and O–H groups in total. The maximum atomic E-state index is 12.5. The van der Waals surface area contributed by atoms with Gasteiger partial charge in [-0.3, -0.25) is 9.59 Å². The summed E-state index contributed by atoms with van der Waals surface area (Å²) in [5.74, 6) is -0.253. The third-order valence-electron chi connectivity index (χ3n) is 3.42. The molecule has 22 heavy (non-hydrogen) atoms. The van der Waals surface area contributed by atoms with Gasteiger partial charge in [0.1, 0.15) is 5.69 Å². The van der Waals surface area contributed by atoms with Gasteiger partial charge in [-0.25, -0.2) is 0 Å². The van der Waals surface area contributed by atoms with Gasteiger partial charge < -0.3 is 10.3 Å². The van der Waals surface area contributed by atoms with Crippen LogP contribution in [0.5, 0.6) is 0 Å². The van der Waals surface area contributed by atoms with E-state index in [2.05, 4.69) is 31.1 Å². The number of amides is 1. The lowest BCUT2D eigenvalue weighted by Gasteiger charge is -2.33. The first-order valence-corrected chi connectivity index (χ1v) is 7.52. The summed E-state index contributed by atoms with van der Waals surface area (Å²) in [6.07, 6.45) is 0.837. The molecule has 1 amide bonds. The monoisotopic (exact) mass is 300 g/mol. The van der Waals surface area contributed by atoms with Crippen LogP contribution in [-0.2, 0) is 0 Å². The van der Waals surface area contributed by atoms with Crippen LogP contribution in [0.4, 0.5) is 0 Å². The number of H-pyrrole nitrogens is 1. The van der Waals surface area contributed by atoms with Gasteiger partial charge in [-0.05, 0) is 43.2 Å². The van der Waals surface area contributed by atoms with Crippen molar-refractivity contribution in [1.82, 2.24) is 10.3 Å². The molecule has 0 atom stereocenters. The summed E-state index contributed by atoms with van der Waals surface area (Å²) in [4.78, 5) is 27.2. The zero-order valence-corrected chi connectivity index (χ0v) is 13.9. The fraction of sp³-hybridized carbons (Fsp3) is 0.444. The molecule has 0 radical (unpaired) electrons. The second-order valence-electron chi connectivity index (χ2n) is 7.67. The van der Waals surface area contributed by atoms with Gasteiger partial charge in [-0.1, -0.05) is 39.0 Å². The van der Waals surface area contributed by atoms with Crippen molar-refractivity contribution in [2.24, 2.45) is 5.41 Å². The summed E-state index contributed by atoms with van der Waals surface area (Å²) in [7, 11) is 0. The normalized spacial score (nSPS) is 12.4. The number of pyridine rings is 1. The van der Waals surface area contributed by atoms with E-state index < -0.39 is 0 Å². The Bertz CT molecular complexity index is 752. The van der Waals surface area contributed by atoms with Crippen molar-refractivity contribution in [2.45, 2.75) is 46.6 Å². The minimum atomic E-state index is -0.349. The molecular formula is C18H24N2O2. The first kappa shape index (κ1) is 16.3. The lowest BCUT2D eigenvalue weighted by molar-refractivity contribution is 0.0886. The molecule has 1 aromatic carbocycles. The van der Waals surface area contributed by atoms with Crippen molar-refractivity contribution >= 4 is 16.7 Å². The Balaban J connectivity index is 2.29. The Labute approximate surface area is 130 Å². The first-order valence-electron chi connectivity index (χ1n) is 7.52. The number of nitrogens with one attached hydrogen (secondary N) is 2. The Hall–Kier alpha value is -2.10. The van der Waals surface area contributed by atoms with Crippen LogP contribution in [-0.4, -0.2) is 16.4 Å². The Morgan fingerprint density at radius 1 is 1.14 bits per heavy atom. The number of carbonyl (C=O) groups excluding carboxylic acids is 1. The number of aromatic nitrogens is 1. The zero-order chi connectivity index (χ0) is 16.5. The van der Waals surface area contributed by atoms with Crippen molar-refractivity contribution in [1.29, 1.82) is 0 Å². The van der Waals surface area contributed by atoms with Crippen LogP contribution in [0.2, 0.25) is 0 Å². The number of aromatic amines is 1.